The van der Waals surface area contributed by atoms with Crippen LogP contribution < -0.4 is 10.5 Å². The Morgan fingerprint density at radius 2 is 1.95 bits per heavy atom. The Kier molecular flexibility index (Phi) is 4.77. The van der Waals surface area contributed by atoms with E-state index in [-0.39, 0.29) is 18.0 Å². The van der Waals surface area contributed by atoms with E-state index in [2.05, 4.69) is 0 Å². The van der Waals surface area contributed by atoms with Gasteiger partial charge in [-0.2, -0.15) is 0 Å². The predicted octanol–water partition coefficient (Wildman–Crippen LogP) is 4.06. The van der Waals surface area contributed by atoms with Gasteiger partial charge in [0.25, 0.3) is 0 Å². The van der Waals surface area contributed by atoms with Gasteiger partial charge in [0.2, 0.25) is 5.75 Å². The van der Waals surface area contributed by atoms with E-state index >= 15 is 0 Å². The third-order valence-corrected chi connectivity index (χ3v) is 3.33. The number of benzene rings is 2. The number of nitro groups is 1. The summed E-state index contributed by atoms with van der Waals surface area (Å²) >= 11 is 5.90. The van der Waals surface area contributed by atoms with Crippen LogP contribution in [0.4, 0.5) is 5.69 Å². The SMILES string of the molecule is CCc1ccc(Oc2ccc(Cl)cc2CN)c([N+](=O)[O-])c1. The molecule has 0 aromatic heterocycles. The Labute approximate surface area is 127 Å². The molecule has 5 nitrogen and oxygen atoms in total. The Morgan fingerprint density at radius 1 is 1.24 bits per heavy atom. The Balaban J connectivity index is 2.42. The Hall–Kier alpha value is -2.11. The zero-order chi connectivity index (χ0) is 15.4. The topological polar surface area (TPSA) is 78.4 Å². The van der Waals surface area contributed by atoms with Crippen molar-refractivity contribution < 1.29 is 9.66 Å². The number of nitrogens with zero attached hydrogens (tertiary/aromatic N) is 1. The first-order chi connectivity index (χ1) is 10.0. The number of halogens is 1. The predicted molar refractivity (Wildman–Crippen MR) is 81.9 cm³/mol. The minimum absolute atomic E-state index is 0.0627. The van der Waals surface area contributed by atoms with Gasteiger partial charge in [-0.25, -0.2) is 0 Å². The lowest BCUT2D eigenvalue weighted by Crippen LogP contribution is -2.01. The van der Waals surface area contributed by atoms with Crippen LogP contribution in [0.25, 0.3) is 0 Å². The van der Waals surface area contributed by atoms with Crippen molar-refractivity contribution >= 4 is 17.3 Å². The largest absolute Gasteiger partial charge is 0.450 e. The van der Waals surface area contributed by atoms with Crippen molar-refractivity contribution in [3.05, 3.63) is 62.7 Å². The standard InChI is InChI=1S/C15H15ClN2O3/c1-2-10-3-5-15(13(7-10)18(19)20)21-14-6-4-12(16)8-11(14)9-17/h3-8H,2,9,17H2,1H3. The van der Waals surface area contributed by atoms with Gasteiger partial charge in [-0.3, -0.25) is 10.1 Å². The summed E-state index contributed by atoms with van der Waals surface area (Å²) < 4.78 is 5.67. The third kappa shape index (κ3) is 3.51. The van der Waals surface area contributed by atoms with Crippen molar-refractivity contribution in [2.45, 2.75) is 19.9 Å². The number of aryl methyl sites for hydroxylation is 1. The molecule has 2 aromatic carbocycles. The van der Waals surface area contributed by atoms with Crippen molar-refractivity contribution in [1.82, 2.24) is 0 Å². The lowest BCUT2D eigenvalue weighted by molar-refractivity contribution is -0.385. The number of ether oxygens (including phenoxy) is 1. The van der Waals surface area contributed by atoms with Crippen LogP contribution in [-0.4, -0.2) is 4.92 Å². The van der Waals surface area contributed by atoms with E-state index in [0.29, 0.717) is 16.3 Å². The maximum atomic E-state index is 11.2. The average molecular weight is 307 g/mol. The van der Waals surface area contributed by atoms with Crippen molar-refractivity contribution in [3.8, 4) is 11.5 Å². The fraction of sp³-hybridized carbons (Fsp3) is 0.200. The molecule has 0 bridgehead atoms. The molecule has 0 spiro atoms. The summed E-state index contributed by atoms with van der Waals surface area (Å²) in [5.74, 6) is 0.656. The average Bonchev–Trinajstić information content (AvgIpc) is 2.49. The highest BCUT2D eigenvalue weighted by atomic mass is 35.5. The molecule has 0 unspecified atom stereocenters. The van der Waals surface area contributed by atoms with Crippen LogP contribution in [0.1, 0.15) is 18.1 Å². The van der Waals surface area contributed by atoms with Crippen LogP contribution in [0.5, 0.6) is 11.5 Å². The highest BCUT2D eigenvalue weighted by Crippen LogP contribution is 2.34. The summed E-state index contributed by atoms with van der Waals surface area (Å²) in [5.41, 5.74) is 7.15. The Morgan fingerprint density at radius 3 is 2.57 bits per heavy atom. The normalized spacial score (nSPS) is 10.4. The highest BCUT2D eigenvalue weighted by molar-refractivity contribution is 6.30. The van der Waals surface area contributed by atoms with Crippen molar-refractivity contribution in [2.75, 3.05) is 0 Å². The molecule has 0 aliphatic carbocycles. The number of nitro benzene ring substituents is 1. The first kappa shape index (κ1) is 15.3. The van der Waals surface area contributed by atoms with Gasteiger partial charge in [0.1, 0.15) is 5.75 Å². The molecule has 0 radical (unpaired) electrons. The van der Waals surface area contributed by atoms with Gasteiger partial charge in [0, 0.05) is 23.2 Å². The summed E-state index contributed by atoms with van der Waals surface area (Å²) in [5, 5.41) is 11.7. The molecule has 0 heterocycles. The number of hydrogen-bond acceptors (Lipinski definition) is 4. The van der Waals surface area contributed by atoms with E-state index in [1.54, 1.807) is 30.3 Å². The molecule has 0 aliphatic heterocycles. The van der Waals surface area contributed by atoms with Crippen LogP contribution in [-0.2, 0) is 13.0 Å². The lowest BCUT2D eigenvalue weighted by atomic mass is 10.1. The summed E-state index contributed by atoms with van der Waals surface area (Å²) in [6.45, 7) is 2.17. The molecule has 6 heteroatoms. The van der Waals surface area contributed by atoms with E-state index in [1.165, 1.54) is 6.07 Å². The first-order valence-electron chi connectivity index (χ1n) is 6.48. The van der Waals surface area contributed by atoms with E-state index in [1.807, 2.05) is 6.92 Å². The molecule has 0 aliphatic rings. The maximum absolute atomic E-state index is 11.2. The van der Waals surface area contributed by atoms with E-state index < -0.39 is 4.92 Å². The van der Waals surface area contributed by atoms with Gasteiger partial charge in [-0.1, -0.05) is 24.6 Å². The summed E-state index contributed by atoms with van der Waals surface area (Å²) in [6.07, 6.45) is 0.718. The molecule has 2 aromatic rings. The molecule has 0 amide bonds. The zero-order valence-corrected chi connectivity index (χ0v) is 12.3. The zero-order valence-electron chi connectivity index (χ0n) is 11.5. The van der Waals surface area contributed by atoms with Gasteiger partial charge in [0.15, 0.2) is 0 Å². The summed E-state index contributed by atoms with van der Waals surface area (Å²) in [6, 6.07) is 9.92. The number of hydrogen-bond donors (Lipinski definition) is 1. The molecule has 0 atom stereocenters. The third-order valence-electron chi connectivity index (χ3n) is 3.09. The van der Waals surface area contributed by atoms with Crippen LogP contribution >= 0.6 is 11.6 Å². The van der Waals surface area contributed by atoms with Gasteiger partial charge in [-0.15, -0.1) is 0 Å². The van der Waals surface area contributed by atoms with Gasteiger partial charge < -0.3 is 10.5 Å². The van der Waals surface area contributed by atoms with E-state index in [9.17, 15) is 10.1 Å². The molecule has 110 valence electrons. The summed E-state index contributed by atoms with van der Waals surface area (Å²) in [4.78, 5) is 10.7. The molecular weight excluding hydrogens is 292 g/mol. The molecule has 0 saturated carbocycles. The van der Waals surface area contributed by atoms with Gasteiger partial charge in [-0.05, 0) is 36.2 Å². The van der Waals surface area contributed by atoms with Crippen LogP contribution in [0.3, 0.4) is 0 Å². The van der Waals surface area contributed by atoms with Gasteiger partial charge >= 0.3 is 5.69 Å². The smallest absolute Gasteiger partial charge is 0.311 e. The van der Waals surface area contributed by atoms with Crippen LogP contribution in [0.15, 0.2) is 36.4 Å². The summed E-state index contributed by atoms with van der Waals surface area (Å²) in [7, 11) is 0. The van der Waals surface area contributed by atoms with Crippen molar-refractivity contribution in [1.29, 1.82) is 0 Å². The van der Waals surface area contributed by atoms with Crippen molar-refractivity contribution in [2.24, 2.45) is 5.73 Å². The van der Waals surface area contributed by atoms with E-state index in [4.69, 9.17) is 22.1 Å². The molecular formula is C15H15ClN2O3. The highest BCUT2D eigenvalue weighted by Gasteiger charge is 2.17. The minimum atomic E-state index is -0.452. The molecule has 0 saturated heterocycles. The quantitative estimate of drug-likeness (QED) is 0.667. The first-order valence-corrected chi connectivity index (χ1v) is 6.86. The number of nitrogens with two attached hydrogens (primary N) is 1. The van der Waals surface area contributed by atoms with Crippen molar-refractivity contribution in [3.63, 3.8) is 0 Å². The molecule has 21 heavy (non-hydrogen) atoms. The van der Waals surface area contributed by atoms with Crippen LogP contribution in [0, 0.1) is 10.1 Å². The minimum Gasteiger partial charge on any atom is -0.450 e. The second-order valence-corrected chi connectivity index (χ2v) is 4.91. The molecule has 2 rings (SSSR count). The van der Waals surface area contributed by atoms with Crippen LogP contribution in [0.2, 0.25) is 5.02 Å². The lowest BCUT2D eigenvalue weighted by Gasteiger charge is -2.11. The second kappa shape index (κ2) is 6.56. The molecule has 2 N–H and O–H groups in total. The fourth-order valence-electron chi connectivity index (χ4n) is 1.94. The second-order valence-electron chi connectivity index (χ2n) is 4.47. The monoisotopic (exact) mass is 306 g/mol. The van der Waals surface area contributed by atoms with Gasteiger partial charge in [0.05, 0.1) is 4.92 Å². The Bertz CT molecular complexity index is 674. The number of rotatable bonds is 5. The molecule has 0 fully saturated rings. The van der Waals surface area contributed by atoms with E-state index in [0.717, 1.165) is 12.0 Å². The fourth-order valence-corrected chi connectivity index (χ4v) is 2.13. The maximum Gasteiger partial charge on any atom is 0.311 e.